The van der Waals surface area contributed by atoms with Gasteiger partial charge in [-0.15, -0.1) is 0 Å². The Hall–Kier alpha value is -3.74. The van der Waals surface area contributed by atoms with Gasteiger partial charge in [-0.3, -0.25) is 37.0 Å². The van der Waals surface area contributed by atoms with Crippen molar-refractivity contribution < 1.29 is 60.6 Å². The Morgan fingerprint density at radius 2 is 1.89 bits per heavy atom. The molecule has 11 unspecified atom stereocenters. The Morgan fingerprint density at radius 3 is 2.65 bits per heavy atom. The molecular weight excluding hydrogens is 818 g/mol. The highest BCUT2D eigenvalue weighted by Gasteiger charge is 2.74. The second kappa shape index (κ2) is 15.1. The van der Waals surface area contributed by atoms with Crippen LogP contribution >= 0.6 is 26.0 Å². The summed E-state index contributed by atoms with van der Waals surface area (Å²) >= 11 is 0.524. The highest BCUT2D eigenvalue weighted by molar-refractivity contribution is 8.55. The zero-order chi connectivity index (χ0) is 40.4. The summed E-state index contributed by atoms with van der Waals surface area (Å²) in [5.41, 5.74) is 10.7. The van der Waals surface area contributed by atoms with Crippen LogP contribution in [-0.2, 0) is 50.7 Å². The van der Waals surface area contributed by atoms with Crippen LogP contribution in [0.5, 0.6) is 0 Å². The van der Waals surface area contributed by atoms with Gasteiger partial charge in [-0.2, -0.15) is 4.98 Å². The summed E-state index contributed by atoms with van der Waals surface area (Å²) < 4.78 is 85.4. The Morgan fingerprint density at radius 1 is 1.12 bits per heavy atom. The molecule has 0 aromatic carbocycles. The molecule has 27 heteroatoms. The van der Waals surface area contributed by atoms with Gasteiger partial charge in [0, 0.05) is 23.9 Å². The van der Waals surface area contributed by atoms with Gasteiger partial charge in [-0.25, -0.2) is 33.9 Å². The predicted octanol–water partition coefficient (Wildman–Crippen LogP) is 2.28. The number of anilines is 2. The fourth-order valence-corrected chi connectivity index (χ4v) is 12.0. The number of fused-ring (bicyclic) bond motifs is 4. The lowest BCUT2D eigenvalue weighted by molar-refractivity contribution is -0.0612. The van der Waals surface area contributed by atoms with Crippen LogP contribution in [0.3, 0.4) is 0 Å². The average Bonchev–Trinajstić information content (AvgIpc) is 3.44. The molecule has 1 spiro atoms. The number of nitrogen functional groups attached to an aromatic ring is 2. The Bertz CT molecular complexity index is 2330. The number of nitrogens with two attached hydrogens (primary N) is 2. The molecule has 6 N–H and O–H groups in total. The second-order valence-corrected chi connectivity index (χ2v) is 19.5. The van der Waals surface area contributed by atoms with Gasteiger partial charge in [0.15, 0.2) is 34.8 Å². The normalized spacial score (nSPS) is 35.3. The van der Waals surface area contributed by atoms with Crippen LogP contribution in [0, 0.1) is 11.3 Å². The number of nitrogens with one attached hydrogen (secondary N) is 1. The molecule has 4 fully saturated rings. The molecule has 4 aliphatic rings. The van der Waals surface area contributed by atoms with Gasteiger partial charge < -0.3 is 40.1 Å². The molecule has 0 radical (unpaired) electrons. The summed E-state index contributed by atoms with van der Waals surface area (Å²) in [6.45, 7) is -0.635. The van der Waals surface area contributed by atoms with Crippen molar-refractivity contribution in [3.05, 3.63) is 29.3 Å². The number of carbonyl (C=O) groups excluding carboxylic acids is 1. The van der Waals surface area contributed by atoms with Gasteiger partial charge in [0.05, 0.1) is 44.6 Å². The van der Waals surface area contributed by atoms with E-state index in [9.17, 15) is 23.8 Å². The summed E-state index contributed by atoms with van der Waals surface area (Å²) in [6, 6.07) is -0.784. The van der Waals surface area contributed by atoms with Crippen molar-refractivity contribution >= 4 is 66.3 Å². The quantitative estimate of drug-likeness (QED) is 0.107. The molecular formula is C30H40N10O14P2S. The van der Waals surface area contributed by atoms with Crippen LogP contribution in [0.4, 0.5) is 16.6 Å². The molecule has 6 heterocycles. The molecule has 11 atom stereocenters. The number of aromatic amines is 1. The topological polar surface area (TPSA) is 314 Å². The van der Waals surface area contributed by atoms with E-state index in [1.807, 2.05) is 0 Å². The smallest absolute Gasteiger partial charge is 0.432 e. The zero-order valence-electron chi connectivity index (χ0n) is 30.8. The molecule has 310 valence electrons. The average molecular weight is 859 g/mol. The number of aromatic nitrogens is 8. The highest BCUT2D eigenvalue weighted by atomic mass is 32.7. The molecule has 0 amide bonds. The number of hydrogen-bond donors (Lipinski definition) is 4. The predicted molar refractivity (Wildman–Crippen MR) is 196 cm³/mol. The number of nitrogens with zero attached hydrogens (tertiary/aromatic N) is 7. The number of hydrogen-bond acceptors (Lipinski definition) is 22. The molecule has 4 aromatic rings. The van der Waals surface area contributed by atoms with E-state index < -0.39 is 99.1 Å². The zero-order valence-corrected chi connectivity index (χ0v) is 33.4. The lowest BCUT2D eigenvalue weighted by Gasteiger charge is -2.32. The van der Waals surface area contributed by atoms with Gasteiger partial charge in [-0.1, -0.05) is 0 Å². The molecule has 2 bridgehead atoms. The van der Waals surface area contributed by atoms with Crippen molar-refractivity contribution in [2.24, 2.45) is 11.3 Å². The van der Waals surface area contributed by atoms with Crippen LogP contribution in [0.2, 0.25) is 0 Å². The third-order valence-corrected chi connectivity index (χ3v) is 15.0. The summed E-state index contributed by atoms with van der Waals surface area (Å²) in [4.78, 5) is 48.4. The number of phosphoric ester groups is 1. The second-order valence-electron chi connectivity index (χ2n) is 13.9. The minimum atomic E-state index is -4.56. The molecule has 2 aliphatic carbocycles. The molecule has 24 nitrogen and oxygen atoms in total. The molecule has 2 saturated heterocycles. The number of ether oxygens (including phenoxy) is 4. The Labute approximate surface area is 326 Å². The maximum Gasteiger partial charge on any atom is 0.509 e. The number of imidazole rings is 2. The first kappa shape index (κ1) is 40.1. The van der Waals surface area contributed by atoms with Crippen molar-refractivity contribution in [3.8, 4) is 0 Å². The highest BCUT2D eigenvalue weighted by Crippen LogP contribution is 2.74. The van der Waals surface area contributed by atoms with Crippen LogP contribution < -0.4 is 17.0 Å². The van der Waals surface area contributed by atoms with Gasteiger partial charge >= 0.3 is 20.8 Å². The largest absolute Gasteiger partial charge is 0.509 e. The van der Waals surface area contributed by atoms with Crippen LogP contribution in [0.25, 0.3) is 22.3 Å². The standard InChI is InChI=1S/C30H40N10O14P2S/c1-5-48-55(44)50-8-30-6-14(30)18(39-10-35-16-23(31)33-9-34-24(16)39)19(41)22(30)54-56(45,57-12-47-29(43)51-13(2)3)49-7-15-20(46-4)21(53-55)27(52-15)40-11-36-17-25(40)37-28(32)38-26(17)42/h9-11,13-15,18-22,27,41H,5-8,12H2,1-4H3,(H2,31,33,34)(H3,32,37,38,42). The summed E-state index contributed by atoms with van der Waals surface area (Å²) in [5.74, 6) is -1.08. The Balaban J connectivity index is 1.19. The van der Waals surface area contributed by atoms with Crippen LogP contribution in [-0.4, -0.2) is 120 Å². The van der Waals surface area contributed by atoms with Crippen molar-refractivity contribution in [2.75, 3.05) is 44.3 Å². The first-order valence-electron chi connectivity index (χ1n) is 17.7. The lowest BCUT2D eigenvalue weighted by Crippen LogP contribution is -2.38. The number of phosphoric acid groups is 1. The van der Waals surface area contributed by atoms with E-state index in [2.05, 4.69) is 29.9 Å². The first-order chi connectivity index (χ1) is 27.2. The van der Waals surface area contributed by atoms with Gasteiger partial charge in [0.2, 0.25) is 5.95 Å². The van der Waals surface area contributed by atoms with E-state index >= 15 is 0 Å². The monoisotopic (exact) mass is 858 g/mol. The number of aliphatic hydroxyl groups is 1. The third-order valence-electron chi connectivity index (χ3n) is 10.2. The van der Waals surface area contributed by atoms with Crippen LogP contribution in [0.15, 0.2) is 23.8 Å². The number of rotatable bonds is 9. The SMILES string of the molecule is CCOP1(=O)OCC23CC2C(n2cnc4c(N)ncnc42)C(O)C3OP(=O)(SCOC(=O)OC(C)C)OCC2OC(n3cnc4c(=O)[nH]c(N)nc43)C(O1)C2OC. The number of methoxy groups -OCH3 is 1. The van der Waals surface area contributed by atoms with Crippen molar-refractivity contribution in [2.45, 2.75) is 76.1 Å². The van der Waals surface area contributed by atoms with Crippen molar-refractivity contribution in [1.82, 2.24) is 39.0 Å². The minimum Gasteiger partial charge on any atom is -0.432 e. The number of H-pyrrole nitrogens is 1. The van der Waals surface area contributed by atoms with E-state index in [4.69, 9.17) is 53.0 Å². The summed E-state index contributed by atoms with van der Waals surface area (Å²) in [5, 5.41) is 12.1. The molecule has 2 aliphatic heterocycles. The fraction of sp³-hybridized carbons (Fsp3) is 0.633. The lowest BCUT2D eigenvalue weighted by atomic mass is 10.0. The Kier molecular flexibility index (Phi) is 10.6. The molecule has 4 aromatic heterocycles. The third kappa shape index (κ3) is 7.22. The van der Waals surface area contributed by atoms with E-state index in [1.54, 1.807) is 25.3 Å². The first-order valence-corrected chi connectivity index (χ1v) is 22.3. The van der Waals surface area contributed by atoms with Crippen molar-refractivity contribution in [1.29, 1.82) is 0 Å². The minimum absolute atomic E-state index is 0.00197. The maximum absolute atomic E-state index is 14.9. The van der Waals surface area contributed by atoms with Crippen LogP contribution in [0.1, 0.15) is 39.5 Å². The molecule has 8 rings (SSSR count). The van der Waals surface area contributed by atoms with Gasteiger partial charge in [0.25, 0.3) is 5.56 Å². The summed E-state index contributed by atoms with van der Waals surface area (Å²) in [7, 11) is -3.23. The van der Waals surface area contributed by atoms with Gasteiger partial charge in [0.1, 0.15) is 42.4 Å². The van der Waals surface area contributed by atoms with E-state index in [0.717, 1.165) is 0 Å². The van der Waals surface area contributed by atoms with E-state index in [1.165, 1.54) is 30.7 Å². The number of carbonyl (C=O) groups is 1. The molecule has 2 saturated carbocycles. The molecule has 57 heavy (non-hydrogen) atoms. The van der Waals surface area contributed by atoms with E-state index in [0.29, 0.717) is 29.0 Å². The maximum atomic E-state index is 14.9. The van der Waals surface area contributed by atoms with E-state index in [-0.39, 0.29) is 36.1 Å². The number of aliphatic hydroxyl groups excluding tert-OH is 1. The van der Waals surface area contributed by atoms with Crippen molar-refractivity contribution in [3.63, 3.8) is 0 Å². The summed E-state index contributed by atoms with van der Waals surface area (Å²) in [6.07, 6.45) is -4.78. The van der Waals surface area contributed by atoms with Gasteiger partial charge in [-0.05, 0) is 33.1 Å². The fourth-order valence-electron chi connectivity index (χ4n) is 7.72.